The molecule has 7 nitrogen and oxygen atoms in total. The molecule has 7 heteroatoms. The summed E-state index contributed by atoms with van der Waals surface area (Å²) < 4.78 is 9.94. The maximum absolute atomic E-state index is 9.76. The monoisotopic (exact) mass is 284 g/mol. The van der Waals surface area contributed by atoms with Crippen LogP contribution in [0.25, 0.3) is 0 Å². The third-order valence-electron chi connectivity index (χ3n) is 3.66. The first-order valence-electron chi connectivity index (χ1n) is 6.97. The Morgan fingerprint density at radius 2 is 2.40 bits per heavy atom. The van der Waals surface area contributed by atoms with Crippen LogP contribution in [-0.2, 0) is 11.3 Å². The number of aliphatic hydroxyl groups excluding tert-OH is 1. The Morgan fingerprint density at radius 1 is 1.60 bits per heavy atom. The molecule has 1 aliphatic heterocycles. The van der Waals surface area contributed by atoms with Gasteiger partial charge in [-0.2, -0.15) is 4.98 Å². The van der Waals surface area contributed by atoms with Gasteiger partial charge >= 0.3 is 0 Å². The zero-order chi connectivity index (χ0) is 14.5. The minimum absolute atomic E-state index is 0.388. The molecule has 2 atom stereocenters. The fourth-order valence-electron chi connectivity index (χ4n) is 2.64. The molecule has 1 aromatic heterocycles. The highest BCUT2D eigenvalue weighted by Crippen LogP contribution is 2.16. The summed E-state index contributed by atoms with van der Waals surface area (Å²) >= 11 is 0. The lowest BCUT2D eigenvalue weighted by Crippen LogP contribution is -2.37. The fraction of sp³-hybridized carbons (Fsp3) is 0.846. The van der Waals surface area contributed by atoms with Crippen LogP contribution in [0, 0.1) is 6.92 Å². The smallest absolute Gasteiger partial charge is 0.223 e. The highest BCUT2D eigenvalue weighted by molar-refractivity contribution is 4.88. The van der Waals surface area contributed by atoms with E-state index in [1.54, 1.807) is 14.0 Å². The molecule has 0 bridgehead atoms. The Morgan fingerprint density at radius 3 is 3.05 bits per heavy atom. The maximum Gasteiger partial charge on any atom is 0.223 e. The van der Waals surface area contributed by atoms with Crippen LogP contribution in [0.4, 0.5) is 0 Å². The molecule has 0 radical (unpaired) electrons. The first-order chi connectivity index (χ1) is 9.58. The fourth-order valence-corrected chi connectivity index (χ4v) is 2.64. The van der Waals surface area contributed by atoms with E-state index in [-0.39, 0.29) is 0 Å². The summed E-state index contributed by atoms with van der Waals surface area (Å²) in [7, 11) is 3.68. The normalized spacial score (nSPS) is 21.8. The van der Waals surface area contributed by atoms with Crippen molar-refractivity contribution in [3.8, 4) is 0 Å². The summed E-state index contributed by atoms with van der Waals surface area (Å²) in [5.74, 6) is 1.33. The zero-order valence-corrected chi connectivity index (χ0v) is 12.4. The highest BCUT2D eigenvalue weighted by atomic mass is 16.5. The summed E-state index contributed by atoms with van der Waals surface area (Å²) in [6, 6.07) is 0.462. The third kappa shape index (κ3) is 4.24. The number of nitrogens with zero attached hydrogens (tertiary/aromatic N) is 4. The molecule has 0 unspecified atom stereocenters. The summed E-state index contributed by atoms with van der Waals surface area (Å²) in [4.78, 5) is 8.74. The quantitative estimate of drug-likeness (QED) is 0.749. The standard InChI is InChI=1S/C13H24N4O3/c1-10-14-13(15-20-10)8-16(2)11-4-5-17(6-11)7-12(18)9-19-3/h11-12,18H,4-9H2,1-3H3/t11-,12+/m1/s1. The van der Waals surface area contributed by atoms with Gasteiger partial charge in [0.1, 0.15) is 0 Å². The number of rotatable bonds is 7. The van der Waals surface area contributed by atoms with E-state index in [9.17, 15) is 5.11 Å². The Labute approximate surface area is 119 Å². The van der Waals surface area contributed by atoms with Crippen LogP contribution in [0.5, 0.6) is 0 Å². The van der Waals surface area contributed by atoms with Gasteiger partial charge in [-0.1, -0.05) is 5.16 Å². The van der Waals surface area contributed by atoms with Crippen molar-refractivity contribution >= 4 is 0 Å². The predicted molar refractivity (Wildman–Crippen MR) is 73.2 cm³/mol. The second-order valence-electron chi connectivity index (χ2n) is 5.46. The largest absolute Gasteiger partial charge is 0.389 e. The molecule has 0 amide bonds. The molecule has 1 saturated heterocycles. The number of aromatic nitrogens is 2. The second-order valence-corrected chi connectivity index (χ2v) is 5.46. The molecule has 1 aromatic rings. The maximum atomic E-state index is 9.76. The van der Waals surface area contributed by atoms with E-state index in [0.717, 1.165) is 25.3 Å². The minimum atomic E-state index is -0.413. The van der Waals surface area contributed by atoms with Gasteiger partial charge in [0, 0.05) is 33.2 Å². The van der Waals surface area contributed by atoms with Crippen molar-refractivity contribution in [1.82, 2.24) is 19.9 Å². The molecular weight excluding hydrogens is 260 g/mol. The molecule has 1 aliphatic rings. The molecular formula is C13H24N4O3. The van der Waals surface area contributed by atoms with Crippen LogP contribution in [0.15, 0.2) is 4.52 Å². The number of aliphatic hydroxyl groups is 1. The molecule has 0 aromatic carbocycles. The van der Waals surface area contributed by atoms with Gasteiger partial charge in [-0.15, -0.1) is 0 Å². The van der Waals surface area contributed by atoms with E-state index in [2.05, 4.69) is 27.0 Å². The van der Waals surface area contributed by atoms with Gasteiger partial charge in [0.2, 0.25) is 5.89 Å². The average Bonchev–Trinajstić information content (AvgIpc) is 2.99. The SMILES string of the molecule is COC[C@@H](O)CN1CC[C@@H](N(C)Cc2noc(C)n2)C1. The van der Waals surface area contributed by atoms with Crippen LogP contribution < -0.4 is 0 Å². The molecule has 2 rings (SSSR count). The van der Waals surface area contributed by atoms with Gasteiger partial charge < -0.3 is 14.4 Å². The van der Waals surface area contributed by atoms with Gasteiger partial charge in [0.15, 0.2) is 5.82 Å². The summed E-state index contributed by atoms with van der Waals surface area (Å²) in [5.41, 5.74) is 0. The minimum Gasteiger partial charge on any atom is -0.389 e. The molecule has 0 aliphatic carbocycles. The van der Waals surface area contributed by atoms with Gasteiger partial charge in [0.05, 0.1) is 19.3 Å². The van der Waals surface area contributed by atoms with E-state index in [1.807, 2.05) is 0 Å². The molecule has 2 heterocycles. The van der Waals surface area contributed by atoms with Gasteiger partial charge in [0.25, 0.3) is 0 Å². The highest BCUT2D eigenvalue weighted by Gasteiger charge is 2.27. The van der Waals surface area contributed by atoms with Crippen LogP contribution in [-0.4, -0.2) is 77.6 Å². The van der Waals surface area contributed by atoms with E-state index >= 15 is 0 Å². The summed E-state index contributed by atoms with van der Waals surface area (Å²) in [5, 5.41) is 13.7. The zero-order valence-electron chi connectivity index (χ0n) is 12.4. The van der Waals surface area contributed by atoms with E-state index in [0.29, 0.717) is 31.6 Å². The number of hydrogen-bond acceptors (Lipinski definition) is 7. The van der Waals surface area contributed by atoms with Crippen molar-refractivity contribution in [2.45, 2.75) is 32.0 Å². The molecule has 0 spiro atoms. The second kappa shape index (κ2) is 7.12. The van der Waals surface area contributed by atoms with Gasteiger partial charge in [-0.3, -0.25) is 9.80 Å². The first-order valence-corrected chi connectivity index (χ1v) is 6.97. The average molecular weight is 284 g/mol. The first kappa shape index (κ1) is 15.4. The summed E-state index contributed by atoms with van der Waals surface area (Å²) in [6.07, 6.45) is 0.677. The lowest BCUT2D eigenvalue weighted by atomic mass is 10.2. The van der Waals surface area contributed by atoms with Crippen LogP contribution in [0.2, 0.25) is 0 Å². The number of β-amino-alcohol motifs (C(OH)–C–C–N with tert-alkyl or cyclic N) is 1. The van der Waals surface area contributed by atoms with Crippen LogP contribution in [0.3, 0.4) is 0 Å². The van der Waals surface area contributed by atoms with Crippen molar-refractivity contribution in [3.63, 3.8) is 0 Å². The Hall–Kier alpha value is -1.02. The third-order valence-corrected chi connectivity index (χ3v) is 3.66. The molecule has 114 valence electrons. The number of likely N-dealkylation sites (tertiary alicyclic amines) is 1. The Balaban J connectivity index is 1.77. The summed E-state index contributed by atoms with van der Waals surface area (Å²) in [6.45, 7) is 5.50. The lowest BCUT2D eigenvalue weighted by molar-refractivity contribution is 0.0413. The molecule has 20 heavy (non-hydrogen) atoms. The van der Waals surface area contributed by atoms with Crippen molar-refractivity contribution in [2.75, 3.05) is 40.4 Å². The van der Waals surface area contributed by atoms with Crippen molar-refractivity contribution in [3.05, 3.63) is 11.7 Å². The number of likely N-dealkylation sites (N-methyl/N-ethyl adjacent to an activating group) is 1. The Kier molecular flexibility index (Phi) is 5.47. The number of ether oxygens (including phenoxy) is 1. The van der Waals surface area contributed by atoms with E-state index in [1.165, 1.54) is 0 Å². The van der Waals surface area contributed by atoms with Crippen molar-refractivity contribution in [2.24, 2.45) is 0 Å². The molecule has 0 saturated carbocycles. The molecule has 1 N–H and O–H groups in total. The number of hydrogen-bond donors (Lipinski definition) is 1. The number of aryl methyl sites for hydroxylation is 1. The van der Waals surface area contributed by atoms with Gasteiger partial charge in [-0.25, -0.2) is 0 Å². The predicted octanol–water partition coefficient (Wildman–Crippen LogP) is -0.109. The van der Waals surface area contributed by atoms with E-state index < -0.39 is 6.10 Å². The van der Waals surface area contributed by atoms with E-state index in [4.69, 9.17) is 9.26 Å². The van der Waals surface area contributed by atoms with Crippen LogP contribution in [0.1, 0.15) is 18.1 Å². The Bertz CT molecular complexity index is 412. The van der Waals surface area contributed by atoms with Gasteiger partial charge in [-0.05, 0) is 20.0 Å². The van der Waals surface area contributed by atoms with Crippen molar-refractivity contribution in [1.29, 1.82) is 0 Å². The topological polar surface area (TPSA) is 74.9 Å². The van der Waals surface area contributed by atoms with Crippen molar-refractivity contribution < 1.29 is 14.4 Å². The number of methoxy groups -OCH3 is 1. The molecule has 1 fully saturated rings. The lowest BCUT2D eigenvalue weighted by Gasteiger charge is -2.24. The van der Waals surface area contributed by atoms with Crippen LogP contribution >= 0.6 is 0 Å².